The number of para-hydroxylation sites is 3. The Balaban J connectivity index is 1.33. The highest BCUT2D eigenvalue weighted by molar-refractivity contribution is 6.06. The fourth-order valence-corrected chi connectivity index (χ4v) is 3.71. The Morgan fingerprint density at radius 3 is 2.34 bits per heavy atom. The van der Waals surface area contributed by atoms with Crippen LogP contribution in [0.4, 0.5) is 17.1 Å². The molecule has 2 amide bonds. The smallest absolute Gasteiger partial charge is 0.258 e. The van der Waals surface area contributed by atoms with Gasteiger partial charge in [0.1, 0.15) is 0 Å². The molecule has 9 heteroatoms. The lowest BCUT2D eigenvalue weighted by atomic mass is 10.1. The van der Waals surface area contributed by atoms with Gasteiger partial charge in [0.25, 0.3) is 5.91 Å². The van der Waals surface area contributed by atoms with E-state index in [4.69, 9.17) is 5.73 Å². The van der Waals surface area contributed by atoms with Crippen LogP contribution in [0.5, 0.6) is 0 Å². The monoisotopic (exact) mass is 469 g/mol. The van der Waals surface area contributed by atoms with E-state index < -0.39 is 0 Å². The molecule has 1 heterocycles. The molecule has 0 saturated carbocycles. The third-order valence-corrected chi connectivity index (χ3v) is 5.57. The molecule has 0 radical (unpaired) electrons. The molecule has 4 N–H and O–H groups in total. The van der Waals surface area contributed by atoms with Gasteiger partial charge in [-0.25, -0.2) is 0 Å². The molecule has 1 aromatic heterocycles. The Labute approximate surface area is 203 Å². The van der Waals surface area contributed by atoms with Gasteiger partial charge in [0.2, 0.25) is 11.7 Å². The van der Waals surface area contributed by atoms with E-state index in [1.54, 1.807) is 41.3 Å². The molecule has 3 aromatic carbocycles. The fourth-order valence-electron chi connectivity index (χ4n) is 3.71. The molecule has 4 rings (SSSR count). The number of carbonyl (C=O) groups is 2. The number of carbonyl (C=O) groups excluding carboxylic acids is 2. The summed E-state index contributed by atoms with van der Waals surface area (Å²) in [6.07, 6.45) is 2.69. The molecule has 9 nitrogen and oxygen atoms in total. The predicted molar refractivity (Wildman–Crippen MR) is 136 cm³/mol. The summed E-state index contributed by atoms with van der Waals surface area (Å²) in [6.45, 7) is 0.544. The van der Waals surface area contributed by atoms with Crippen molar-refractivity contribution in [2.75, 3.05) is 22.5 Å². The average Bonchev–Trinajstić information content (AvgIpc) is 3.43. The van der Waals surface area contributed by atoms with Gasteiger partial charge in [-0.1, -0.05) is 48.9 Å². The maximum atomic E-state index is 13.4. The maximum absolute atomic E-state index is 13.4. The van der Waals surface area contributed by atoms with Crippen molar-refractivity contribution in [2.24, 2.45) is 0 Å². The molecule has 0 saturated heterocycles. The highest BCUT2D eigenvalue weighted by Gasteiger charge is 2.18. The van der Waals surface area contributed by atoms with Crippen LogP contribution >= 0.6 is 0 Å². The maximum Gasteiger partial charge on any atom is 0.258 e. The number of anilines is 3. The molecule has 0 aliphatic rings. The van der Waals surface area contributed by atoms with Crippen LogP contribution in [-0.4, -0.2) is 39.0 Å². The number of H-pyrrole nitrogens is 1. The summed E-state index contributed by atoms with van der Waals surface area (Å²) < 4.78 is 0. The second kappa shape index (κ2) is 11.6. The zero-order chi connectivity index (χ0) is 24.5. The molecular formula is C26H27N7O2. The molecule has 178 valence electrons. The van der Waals surface area contributed by atoms with Crippen molar-refractivity contribution in [3.63, 3.8) is 0 Å². The van der Waals surface area contributed by atoms with Crippen LogP contribution in [0.15, 0.2) is 78.9 Å². The third-order valence-electron chi connectivity index (χ3n) is 5.57. The van der Waals surface area contributed by atoms with Crippen LogP contribution in [-0.2, 0) is 4.79 Å². The largest absolute Gasteiger partial charge is 0.397 e. The van der Waals surface area contributed by atoms with Gasteiger partial charge in [-0.05, 0) is 54.5 Å². The van der Waals surface area contributed by atoms with Gasteiger partial charge >= 0.3 is 0 Å². The highest BCUT2D eigenvalue weighted by Crippen LogP contribution is 2.21. The Morgan fingerprint density at radius 1 is 0.886 bits per heavy atom. The van der Waals surface area contributed by atoms with E-state index >= 15 is 0 Å². The summed E-state index contributed by atoms with van der Waals surface area (Å²) in [5, 5.41) is 16.8. The van der Waals surface area contributed by atoms with E-state index in [1.807, 2.05) is 42.5 Å². The zero-order valence-corrected chi connectivity index (χ0v) is 19.2. The standard InChI is InChI=1S/C26H27N7O2/c27-22-11-6-7-12-23(22)28-24(34)13-5-2-8-18-33(21-9-3-1-4-10-21)26(35)20-16-14-19(15-17-20)25-29-31-32-30-25/h1,3-4,6-7,9-12,14-17H,2,5,8,13,18,27H2,(H,28,34)(H,29,30,31,32). The van der Waals surface area contributed by atoms with Crippen LogP contribution in [0.2, 0.25) is 0 Å². The lowest BCUT2D eigenvalue weighted by molar-refractivity contribution is -0.116. The van der Waals surface area contributed by atoms with Crippen molar-refractivity contribution in [1.29, 1.82) is 0 Å². The number of hydrogen-bond acceptors (Lipinski definition) is 6. The van der Waals surface area contributed by atoms with Gasteiger partial charge in [0.05, 0.1) is 11.4 Å². The van der Waals surface area contributed by atoms with Gasteiger partial charge in [-0.3, -0.25) is 9.59 Å². The fraction of sp³-hybridized carbons (Fsp3) is 0.192. The number of unbranched alkanes of at least 4 members (excludes halogenated alkanes) is 2. The van der Waals surface area contributed by atoms with Gasteiger partial charge in [0, 0.05) is 29.8 Å². The Morgan fingerprint density at radius 2 is 1.63 bits per heavy atom. The van der Waals surface area contributed by atoms with Crippen molar-refractivity contribution in [3.8, 4) is 11.4 Å². The number of rotatable bonds is 10. The van der Waals surface area contributed by atoms with Crippen LogP contribution < -0.4 is 16.0 Å². The van der Waals surface area contributed by atoms with E-state index in [1.165, 1.54) is 0 Å². The lowest BCUT2D eigenvalue weighted by Gasteiger charge is -2.23. The average molecular weight is 470 g/mol. The second-order valence-corrected chi connectivity index (χ2v) is 8.05. The van der Waals surface area contributed by atoms with E-state index in [9.17, 15) is 9.59 Å². The minimum absolute atomic E-state index is 0.0689. The van der Waals surface area contributed by atoms with Crippen molar-refractivity contribution in [2.45, 2.75) is 25.7 Å². The number of nitrogens with zero attached hydrogens (tertiary/aromatic N) is 4. The summed E-state index contributed by atoms with van der Waals surface area (Å²) in [5.41, 5.74) is 9.23. The van der Waals surface area contributed by atoms with E-state index in [0.717, 1.165) is 30.5 Å². The quantitative estimate of drug-likeness (QED) is 0.235. The molecule has 0 spiro atoms. The summed E-state index contributed by atoms with van der Waals surface area (Å²) in [7, 11) is 0. The van der Waals surface area contributed by atoms with E-state index in [2.05, 4.69) is 25.9 Å². The molecular weight excluding hydrogens is 442 g/mol. The first-order valence-electron chi connectivity index (χ1n) is 11.5. The normalized spacial score (nSPS) is 10.6. The minimum atomic E-state index is -0.0897. The summed E-state index contributed by atoms with van der Waals surface area (Å²) in [4.78, 5) is 27.4. The van der Waals surface area contributed by atoms with Crippen molar-refractivity contribution >= 4 is 28.9 Å². The molecule has 0 bridgehead atoms. The second-order valence-electron chi connectivity index (χ2n) is 8.05. The van der Waals surface area contributed by atoms with Crippen molar-refractivity contribution in [3.05, 3.63) is 84.4 Å². The van der Waals surface area contributed by atoms with Gasteiger partial charge in [-0.15, -0.1) is 10.2 Å². The lowest BCUT2D eigenvalue weighted by Crippen LogP contribution is -2.32. The number of hydrogen-bond donors (Lipinski definition) is 3. The Kier molecular flexibility index (Phi) is 7.80. The molecule has 0 aliphatic carbocycles. The topological polar surface area (TPSA) is 130 Å². The van der Waals surface area contributed by atoms with Gasteiger partial charge in [-0.2, -0.15) is 5.21 Å². The first kappa shape index (κ1) is 23.6. The number of aromatic amines is 1. The van der Waals surface area contributed by atoms with Crippen LogP contribution in [0.1, 0.15) is 36.0 Å². The first-order valence-corrected chi connectivity index (χ1v) is 11.5. The van der Waals surface area contributed by atoms with E-state index in [0.29, 0.717) is 35.7 Å². The number of tetrazole rings is 1. The summed E-state index contributed by atoms with van der Waals surface area (Å²) in [6, 6.07) is 23.9. The molecule has 0 atom stereocenters. The summed E-state index contributed by atoms with van der Waals surface area (Å²) in [5.74, 6) is 0.316. The number of nitrogens with two attached hydrogens (primary N) is 1. The Bertz CT molecular complexity index is 1240. The van der Waals surface area contributed by atoms with Crippen molar-refractivity contribution < 1.29 is 9.59 Å². The number of aromatic nitrogens is 4. The number of amides is 2. The molecule has 0 aliphatic heterocycles. The molecule has 0 fully saturated rings. The van der Waals surface area contributed by atoms with Gasteiger partial charge in [0.15, 0.2) is 0 Å². The number of benzene rings is 3. The highest BCUT2D eigenvalue weighted by atomic mass is 16.2. The van der Waals surface area contributed by atoms with E-state index in [-0.39, 0.29) is 11.8 Å². The van der Waals surface area contributed by atoms with Crippen LogP contribution in [0.3, 0.4) is 0 Å². The molecule has 0 unspecified atom stereocenters. The van der Waals surface area contributed by atoms with Crippen LogP contribution in [0.25, 0.3) is 11.4 Å². The third kappa shape index (κ3) is 6.29. The Hall–Kier alpha value is -4.53. The first-order chi connectivity index (χ1) is 17.1. The number of nitrogens with one attached hydrogen (secondary N) is 2. The number of nitrogen functional groups attached to an aromatic ring is 1. The SMILES string of the molecule is Nc1ccccc1NC(=O)CCCCCN(C(=O)c1ccc(-c2nn[nH]n2)cc1)c1ccccc1. The molecule has 35 heavy (non-hydrogen) atoms. The minimum Gasteiger partial charge on any atom is -0.397 e. The van der Waals surface area contributed by atoms with Crippen molar-refractivity contribution in [1.82, 2.24) is 20.6 Å². The van der Waals surface area contributed by atoms with Gasteiger partial charge < -0.3 is 16.0 Å². The van der Waals surface area contributed by atoms with Crippen LogP contribution in [0, 0.1) is 0 Å². The summed E-state index contributed by atoms with van der Waals surface area (Å²) >= 11 is 0. The molecule has 4 aromatic rings. The predicted octanol–water partition coefficient (Wildman–Crippen LogP) is 4.29. The zero-order valence-electron chi connectivity index (χ0n) is 19.2.